The first-order chi connectivity index (χ1) is 13.6. The van der Waals surface area contributed by atoms with Crippen molar-refractivity contribution < 1.29 is 13.9 Å². The van der Waals surface area contributed by atoms with Gasteiger partial charge < -0.3 is 10.1 Å². The summed E-state index contributed by atoms with van der Waals surface area (Å²) in [5.41, 5.74) is 0.530. The van der Waals surface area contributed by atoms with Gasteiger partial charge in [-0.2, -0.15) is 0 Å². The first-order valence-corrected chi connectivity index (χ1v) is 10.5. The maximum atomic E-state index is 14.8. The normalized spacial score (nSPS) is 26.9. The zero-order valence-electron chi connectivity index (χ0n) is 15.7. The van der Waals surface area contributed by atoms with Gasteiger partial charge in [-0.1, -0.05) is 48.2 Å². The highest BCUT2D eigenvalue weighted by Gasteiger charge is 2.48. The van der Waals surface area contributed by atoms with E-state index in [1.54, 1.807) is 25.3 Å². The molecule has 3 atom stereocenters. The van der Waals surface area contributed by atoms with E-state index in [1.165, 1.54) is 17.8 Å². The fourth-order valence-corrected chi connectivity index (χ4v) is 5.39. The molecular formula is C22H23FN2O2S. The van der Waals surface area contributed by atoms with Gasteiger partial charge in [0.1, 0.15) is 5.82 Å². The van der Waals surface area contributed by atoms with Crippen LogP contribution in [0.5, 0.6) is 0 Å². The summed E-state index contributed by atoms with van der Waals surface area (Å²) >= 11 is 1.52. The summed E-state index contributed by atoms with van der Waals surface area (Å²) in [6.07, 6.45) is 2.51. The Morgan fingerprint density at radius 3 is 2.71 bits per heavy atom. The minimum atomic E-state index is -0.662. The van der Waals surface area contributed by atoms with Gasteiger partial charge in [-0.3, -0.25) is 9.79 Å². The molecule has 146 valence electrons. The summed E-state index contributed by atoms with van der Waals surface area (Å²) in [5, 5.41) is 3.49. The predicted octanol–water partition coefficient (Wildman–Crippen LogP) is 4.37. The van der Waals surface area contributed by atoms with Crippen molar-refractivity contribution in [3.05, 3.63) is 71.5 Å². The molecule has 1 heterocycles. The summed E-state index contributed by atoms with van der Waals surface area (Å²) < 4.78 is 20.4. The van der Waals surface area contributed by atoms with Gasteiger partial charge in [-0.25, -0.2) is 4.39 Å². The minimum absolute atomic E-state index is 0.158. The van der Waals surface area contributed by atoms with Gasteiger partial charge in [0, 0.05) is 29.9 Å². The van der Waals surface area contributed by atoms with Gasteiger partial charge in [0.2, 0.25) is 0 Å². The third-order valence-electron chi connectivity index (χ3n) is 5.72. The predicted molar refractivity (Wildman–Crippen MR) is 110 cm³/mol. The first kappa shape index (κ1) is 19.2. The Kier molecular flexibility index (Phi) is 5.51. The average molecular weight is 399 g/mol. The van der Waals surface area contributed by atoms with Crippen LogP contribution in [-0.2, 0) is 10.3 Å². The topological polar surface area (TPSA) is 50.7 Å². The molecule has 1 amide bonds. The molecule has 28 heavy (non-hydrogen) atoms. The van der Waals surface area contributed by atoms with Gasteiger partial charge in [0.25, 0.3) is 5.91 Å². The molecular weight excluding hydrogens is 375 g/mol. The second kappa shape index (κ2) is 8.05. The number of halogens is 1. The first-order valence-electron chi connectivity index (χ1n) is 9.49. The van der Waals surface area contributed by atoms with Crippen molar-refractivity contribution in [2.45, 2.75) is 30.9 Å². The Labute approximate surface area is 168 Å². The largest absolute Gasteiger partial charge is 0.381 e. The van der Waals surface area contributed by atoms with E-state index in [-0.39, 0.29) is 23.7 Å². The molecule has 2 aliphatic rings. The van der Waals surface area contributed by atoms with Gasteiger partial charge in [0.15, 0.2) is 5.17 Å². The summed E-state index contributed by atoms with van der Waals surface area (Å²) in [4.78, 5) is 17.5. The van der Waals surface area contributed by atoms with Crippen LogP contribution in [0.2, 0.25) is 0 Å². The molecule has 1 N–H and O–H groups in total. The lowest BCUT2D eigenvalue weighted by Gasteiger charge is -2.46. The third-order valence-corrected chi connectivity index (χ3v) is 6.76. The number of methoxy groups -OCH3 is 1. The van der Waals surface area contributed by atoms with Crippen molar-refractivity contribution in [3.63, 3.8) is 0 Å². The zero-order chi connectivity index (χ0) is 19.6. The van der Waals surface area contributed by atoms with Crippen LogP contribution in [0.4, 0.5) is 4.39 Å². The number of thioether (sulfide) groups is 1. The van der Waals surface area contributed by atoms with Crippen LogP contribution < -0.4 is 5.32 Å². The molecule has 6 heteroatoms. The van der Waals surface area contributed by atoms with E-state index in [2.05, 4.69) is 5.32 Å². The number of hydrogen-bond donors (Lipinski definition) is 1. The van der Waals surface area contributed by atoms with Gasteiger partial charge >= 0.3 is 0 Å². The van der Waals surface area contributed by atoms with Gasteiger partial charge in [-0.15, -0.1) is 0 Å². The molecule has 0 bridgehead atoms. The summed E-state index contributed by atoms with van der Waals surface area (Å²) in [7, 11) is 1.73. The molecule has 0 radical (unpaired) electrons. The molecule has 0 saturated heterocycles. The molecule has 2 aromatic carbocycles. The average Bonchev–Trinajstić information content (AvgIpc) is 2.74. The lowest BCUT2D eigenvalue weighted by Crippen LogP contribution is -2.47. The fourth-order valence-electron chi connectivity index (χ4n) is 4.23. The van der Waals surface area contributed by atoms with E-state index in [1.807, 2.05) is 30.3 Å². The van der Waals surface area contributed by atoms with Crippen molar-refractivity contribution in [2.24, 2.45) is 10.9 Å². The van der Waals surface area contributed by atoms with E-state index in [0.29, 0.717) is 22.7 Å². The standard InChI is InChI=1S/C22H23FN2O2S/c1-27-17-11-12-22(18-9-5-6-10-19(18)23)16(13-17)14-28-21(25-22)24-20(26)15-7-3-2-4-8-15/h2-10,16-17H,11-14H2,1H3,(H,24,25,26)/t16-,17-,22?/m0/s1. The molecule has 0 spiro atoms. The molecule has 1 fully saturated rings. The second-order valence-electron chi connectivity index (χ2n) is 7.28. The highest BCUT2D eigenvalue weighted by atomic mass is 32.2. The Morgan fingerprint density at radius 2 is 1.96 bits per heavy atom. The van der Waals surface area contributed by atoms with Crippen LogP contribution in [0.25, 0.3) is 0 Å². The number of amidine groups is 1. The molecule has 0 aromatic heterocycles. The molecule has 4 nitrogen and oxygen atoms in total. The quantitative estimate of drug-likeness (QED) is 0.835. The van der Waals surface area contributed by atoms with Crippen LogP contribution in [0.15, 0.2) is 59.6 Å². The second-order valence-corrected chi connectivity index (χ2v) is 8.29. The fraction of sp³-hybridized carbons (Fsp3) is 0.364. The van der Waals surface area contributed by atoms with E-state index in [4.69, 9.17) is 9.73 Å². The lowest BCUT2D eigenvalue weighted by molar-refractivity contribution is 0.0228. The van der Waals surface area contributed by atoms with Crippen molar-refractivity contribution in [1.82, 2.24) is 5.32 Å². The zero-order valence-corrected chi connectivity index (χ0v) is 16.5. The van der Waals surface area contributed by atoms with E-state index < -0.39 is 5.54 Å². The Bertz CT molecular complexity index is 889. The Morgan fingerprint density at radius 1 is 1.21 bits per heavy atom. The van der Waals surface area contributed by atoms with Crippen LogP contribution in [-0.4, -0.2) is 30.0 Å². The van der Waals surface area contributed by atoms with Crippen molar-refractivity contribution >= 4 is 22.8 Å². The highest BCUT2D eigenvalue weighted by molar-refractivity contribution is 8.13. The van der Waals surface area contributed by atoms with Crippen LogP contribution in [0.1, 0.15) is 35.2 Å². The van der Waals surface area contributed by atoms with Crippen molar-refractivity contribution in [3.8, 4) is 0 Å². The number of ether oxygens (including phenoxy) is 1. The van der Waals surface area contributed by atoms with Gasteiger partial charge in [0.05, 0.1) is 11.6 Å². The lowest BCUT2D eigenvalue weighted by atomic mass is 9.68. The number of rotatable bonds is 3. The number of carbonyl (C=O) groups is 1. The number of nitrogens with one attached hydrogen (secondary N) is 1. The molecule has 1 aliphatic carbocycles. The molecule has 4 rings (SSSR count). The smallest absolute Gasteiger partial charge is 0.257 e. The van der Waals surface area contributed by atoms with E-state index in [9.17, 15) is 9.18 Å². The van der Waals surface area contributed by atoms with Crippen molar-refractivity contribution in [2.75, 3.05) is 12.9 Å². The number of benzene rings is 2. The van der Waals surface area contributed by atoms with Crippen LogP contribution >= 0.6 is 11.8 Å². The highest BCUT2D eigenvalue weighted by Crippen LogP contribution is 2.50. The van der Waals surface area contributed by atoms with Crippen LogP contribution in [0, 0.1) is 11.7 Å². The molecule has 1 aliphatic heterocycles. The Hall–Kier alpha value is -2.18. The number of aliphatic imine (C=N–C) groups is 1. The summed E-state index contributed by atoms with van der Waals surface area (Å²) in [6.45, 7) is 0. The number of nitrogens with zero attached hydrogens (tertiary/aromatic N) is 1. The maximum absolute atomic E-state index is 14.8. The molecule has 1 saturated carbocycles. The minimum Gasteiger partial charge on any atom is -0.381 e. The molecule has 1 unspecified atom stereocenters. The SMILES string of the molecule is CO[C@H]1CCC2(c3ccccc3F)N=C(NC(=O)c3ccccc3)SC[C@@H]2C1. The van der Waals surface area contributed by atoms with Gasteiger partial charge in [-0.05, 0) is 37.5 Å². The Balaban J connectivity index is 1.68. The number of amides is 1. The monoisotopic (exact) mass is 398 g/mol. The summed E-state index contributed by atoms with van der Waals surface area (Å²) in [6, 6.07) is 15.9. The number of fused-ring (bicyclic) bond motifs is 1. The maximum Gasteiger partial charge on any atom is 0.257 e. The van der Waals surface area contributed by atoms with E-state index >= 15 is 0 Å². The van der Waals surface area contributed by atoms with E-state index in [0.717, 1.165) is 18.6 Å². The third kappa shape index (κ3) is 3.59. The van der Waals surface area contributed by atoms with Crippen molar-refractivity contribution in [1.29, 1.82) is 0 Å². The summed E-state index contributed by atoms with van der Waals surface area (Å²) in [5.74, 6) is 0.486. The number of hydrogen-bond acceptors (Lipinski definition) is 4. The number of carbonyl (C=O) groups excluding carboxylic acids is 1. The molecule has 2 aromatic rings. The van der Waals surface area contributed by atoms with Crippen LogP contribution in [0.3, 0.4) is 0 Å².